The molecule has 0 spiro atoms. The smallest absolute Gasteiger partial charge is 0.319 e. The van der Waals surface area contributed by atoms with Gasteiger partial charge in [-0.3, -0.25) is 14.4 Å². The van der Waals surface area contributed by atoms with Gasteiger partial charge in [-0.05, 0) is 66.6 Å². The number of carbonyl (C=O) groups is 4. The summed E-state index contributed by atoms with van der Waals surface area (Å²) in [4.78, 5) is 56.8. The van der Waals surface area contributed by atoms with E-state index >= 15 is 0 Å². The number of nitrogens with zero attached hydrogens (tertiary/aromatic N) is 3. The molecule has 9 nitrogen and oxygen atoms in total. The maximum atomic E-state index is 13.5. The molecule has 0 heterocycles. The van der Waals surface area contributed by atoms with Crippen molar-refractivity contribution in [3.8, 4) is 0 Å². The Morgan fingerprint density at radius 2 is 1.21 bits per heavy atom. The van der Waals surface area contributed by atoms with E-state index < -0.39 is 11.9 Å². The van der Waals surface area contributed by atoms with E-state index in [4.69, 9.17) is 0 Å². The van der Waals surface area contributed by atoms with Gasteiger partial charge in [0.05, 0.1) is 13.0 Å². The van der Waals surface area contributed by atoms with Crippen LogP contribution >= 0.6 is 0 Å². The van der Waals surface area contributed by atoms with Crippen molar-refractivity contribution in [3.05, 3.63) is 120 Å². The molecule has 4 aromatic rings. The lowest BCUT2D eigenvalue weighted by atomic mass is 10.1. The van der Waals surface area contributed by atoms with Gasteiger partial charge in [0.2, 0.25) is 17.7 Å². The Labute approximate surface area is 251 Å². The van der Waals surface area contributed by atoms with E-state index in [0.29, 0.717) is 22.6 Å². The summed E-state index contributed by atoms with van der Waals surface area (Å²) in [5, 5.41) is 5.30. The Balaban J connectivity index is 1.51. The summed E-state index contributed by atoms with van der Waals surface area (Å²) in [5.41, 5.74) is 4.14. The summed E-state index contributed by atoms with van der Waals surface area (Å²) < 4.78 is 0. The van der Waals surface area contributed by atoms with Crippen LogP contribution in [0.3, 0.4) is 0 Å². The van der Waals surface area contributed by atoms with E-state index in [1.807, 2.05) is 73.7 Å². The van der Waals surface area contributed by atoms with Crippen LogP contribution in [-0.4, -0.2) is 50.9 Å². The number of aryl methyl sites for hydroxylation is 1. The van der Waals surface area contributed by atoms with Crippen molar-refractivity contribution in [2.45, 2.75) is 13.3 Å². The molecule has 0 aliphatic carbocycles. The Morgan fingerprint density at radius 1 is 0.628 bits per heavy atom. The number of carbonyl (C=O) groups excluding carboxylic acids is 4. The molecule has 2 N–H and O–H groups in total. The fourth-order valence-electron chi connectivity index (χ4n) is 4.43. The molecule has 0 bridgehead atoms. The first-order valence-corrected chi connectivity index (χ1v) is 13.9. The summed E-state index contributed by atoms with van der Waals surface area (Å²) in [5.74, 6) is -0.941. The van der Waals surface area contributed by atoms with Crippen molar-refractivity contribution in [1.29, 1.82) is 0 Å². The maximum absolute atomic E-state index is 13.5. The Morgan fingerprint density at radius 3 is 1.84 bits per heavy atom. The highest BCUT2D eigenvalue weighted by Crippen LogP contribution is 2.20. The average Bonchev–Trinajstić information content (AvgIpc) is 3.02. The third-order valence-electron chi connectivity index (χ3n) is 6.88. The quantitative estimate of drug-likeness (QED) is 0.276. The first-order chi connectivity index (χ1) is 20.7. The first-order valence-electron chi connectivity index (χ1n) is 13.9. The van der Waals surface area contributed by atoms with Crippen molar-refractivity contribution in [2.24, 2.45) is 0 Å². The number of benzene rings is 4. The van der Waals surface area contributed by atoms with Gasteiger partial charge >= 0.3 is 6.03 Å². The van der Waals surface area contributed by atoms with Gasteiger partial charge < -0.3 is 25.3 Å². The van der Waals surface area contributed by atoms with Gasteiger partial charge in [-0.15, -0.1) is 0 Å². The molecule has 0 fully saturated rings. The third-order valence-corrected chi connectivity index (χ3v) is 6.88. The monoisotopic (exact) mass is 577 g/mol. The molecule has 4 rings (SSSR count). The summed E-state index contributed by atoms with van der Waals surface area (Å²) >= 11 is 0. The van der Waals surface area contributed by atoms with Crippen LogP contribution in [-0.2, 0) is 20.8 Å². The zero-order valence-corrected chi connectivity index (χ0v) is 24.5. The molecule has 220 valence electrons. The van der Waals surface area contributed by atoms with Gasteiger partial charge in [-0.1, -0.05) is 60.7 Å². The molecule has 43 heavy (non-hydrogen) atoms. The highest BCUT2D eigenvalue weighted by molar-refractivity contribution is 6.05. The van der Waals surface area contributed by atoms with Crippen LogP contribution in [0.1, 0.15) is 11.1 Å². The number of amides is 5. The summed E-state index contributed by atoms with van der Waals surface area (Å²) in [7, 11) is 3.35. The third kappa shape index (κ3) is 8.53. The molecule has 0 atom stereocenters. The van der Waals surface area contributed by atoms with Crippen molar-refractivity contribution in [3.63, 3.8) is 0 Å². The highest BCUT2D eigenvalue weighted by Gasteiger charge is 2.23. The molecule has 4 aromatic carbocycles. The molecule has 0 unspecified atom stereocenters. The summed E-state index contributed by atoms with van der Waals surface area (Å²) in [6.45, 7) is 1.29. The second-order valence-electron chi connectivity index (χ2n) is 10.1. The Bertz CT molecular complexity index is 1580. The number of hydrogen-bond acceptors (Lipinski definition) is 4. The van der Waals surface area contributed by atoms with E-state index in [0.717, 1.165) is 11.3 Å². The molecule has 0 aliphatic rings. The lowest BCUT2D eigenvalue weighted by molar-refractivity contribution is -0.121. The molecule has 0 saturated carbocycles. The predicted octanol–water partition coefficient (Wildman–Crippen LogP) is 5.02. The van der Waals surface area contributed by atoms with Crippen LogP contribution < -0.4 is 25.3 Å². The lowest BCUT2D eigenvalue weighted by Crippen LogP contribution is -2.46. The van der Waals surface area contributed by atoms with Crippen LogP contribution in [0.25, 0.3) is 0 Å². The minimum Gasteiger partial charge on any atom is -0.329 e. The van der Waals surface area contributed by atoms with Crippen LogP contribution in [0.15, 0.2) is 109 Å². The second-order valence-corrected chi connectivity index (χ2v) is 10.1. The fourth-order valence-corrected chi connectivity index (χ4v) is 4.43. The number of anilines is 4. The van der Waals surface area contributed by atoms with E-state index in [9.17, 15) is 19.2 Å². The molecular formula is C34H35N5O4. The molecule has 9 heteroatoms. The Kier molecular flexibility index (Phi) is 10.3. The first kappa shape index (κ1) is 30.5. The van der Waals surface area contributed by atoms with Gasteiger partial charge in [-0.2, -0.15) is 0 Å². The molecule has 5 amide bonds. The number of urea groups is 1. The minimum absolute atomic E-state index is 0.0935. The Hall–Kier alpha value is -5.44. The van der Waals surface area contributed by atoms with E-state index in [1.165, 1.54) is 9.80 Å². The van der Waals surface area contributed by atoms with Crippen LogP contribution in [0.5, 0.6) is 0 Å². The molecule has 0 aromatic heterocycles. The normalized spacial score (nSPS) is 10.4. The standard InChI is InChI=1S/C34H35N5O4/c1-25-12-10-14-27(20-25)36-34(43)35-23-32(41)39(24-33(42)38(3)29-17-8-5-9-18-29)30-19-11-13-26(21-30)22-31(40)37(2)28-15-6-4-7-16-28/h4-21H,22-24H2,1-3H3,(H2,35,36,43). The van der Waals surface area contributed by atoms with Crippen molar-refractivity contribution >= 4 is 46.5 Å². The van der Waals surface area contributed by atoms with Gasteiger partial charge in [0.1, 0.15) is 6.54 Å². The lowest BCUT2D eigenvalue weighted by Gasteiger charge is -2.26. The minimum atomic E-state index is -0.546. The molecule has 0 saturated heterocycles. The van der Waals surface area contributed by atoms with Crippen molar-refractivity contribution in [2.75, 3.05) is 47.2 Å². The largest absolute Gasteiger partial charge is 0.329 e. The number of para-hydroxylation sites is 2. The number of rotatable bonds is 10. The van der Waals surface area contributed by atoms with Crippen LogP contribution in [0.2, 0.25) is 0 Å². The second kappa shape index (κ2) is 14.5. The zero-order valence-electron chi connectivity index (χ0n) is 24.5. The SMILES string of the molecule is Cc1cccc(NC(=O)NCC(=O)N(CC(=O)N(C)c2ccccc2)c2cccc(CC(=O)N(C)c3ccccc3)c2)c1. The fraction of sp³-hybridized carbons (Fsp3) is 0.176. The number of hydrogen-bond donors (Lipinski definition) is 2. The maximum Gasteiger partial charge on any atom is 0.319 e. The number of nitrogens with one attached hydrogen (secondary N) is 2. The number of likely N-dealkylation sites (N-methyl/N-ethyl adjacent to an activating group) is 2. The van der Waals surface area contributed by atoms with Gasteiger partial charge in [0, 0.05) is 36.8 Å². The van der Waals surface area contributed by atoms with Gasteiger partial charge in [0.15, 0.2) is 0 Å². The molecule has 0 aliphatic heterocycles. The van der Waals surface area contributed by atoms with Gasteiger partial charge in [-0.25, -0.2) is 4.79 Å². The van der Waals surface area contributed by atoms with Crippen molar-refractivity contribution < 1.29 is 19.2 Å². The predicted molar refractivity (Wildman–Crippen MR) is 170 cm³/mol. The van der Waals surface area contributed by atoms with Crippen molar-refractivity contribution in [1.82, 2.24) is 5.32 Å². The van der Waals surface area contributed by atoms with Crippen LogP contribution in [0, 0.1) is 6.92 Å². The zero-order chi connectivity index (χ0) is 30.8. The topological polar surface area (TPSA) is 102 Å². The highest BCUT2D eigenvalue weighted by atomic mass is 16.2. The van der Waals surface area contributed by atoms with E-state index in [1.54, 1.807) is 61.5 Å². The van der Waals surface area contributed by atoms with Crippen LogP contribution in [0.4, 0.5) is 27.5 Å². The molecular weight excluding hydrogens is 542 g/mol. The average molecular weight is 578 g/mol. The van der Waals surface area contributed by atoms with E-state index in [-0.39, 0.29) is 31.3 Å². The summed E-state index contributed by atoms with van der Waals surface area (Å²) in [6, 6.07) is 32.1. The summed E-state index contributed by atoms with van der Waals surface area (Å²) in [6.07, 6.45) is 0.0935. The van der Waals surface area contributed by atoms with Gasteiger partial charge in [0.25, 0.3) is 0 Å². The molecule has 0 radical (unpaired) electrons. The van der Waals surface area contributed by atoms with E-state index in [2.05, 4.69) is 10.6 Å².